The molecule has 2 unspecified atom stereocenters. The van der Waals surface area contributed by atoms with Gasteiger partial charge in [0.05, 0.1) is 12.6 Å². The van der Waals surface area contributed by atoms with Crippen LogP contribution in [-0.2, 0) is 6.42 Å². The molecule has 1 aromatic rings. The van der Waals surface area contributed by atoms with Gasteiger partial charge in [-0.2, -0.15) is 0 Å². The lowest BCUT2D eigenvalue weighted by atomic mass is 9.98. The minimum absolute atomic E-state index is 0.201. The lowest BCUT2D eigenvalue weighted by Gasteiger charge is -2.33. The van der Waals surface area contributed by atoms with Crippen molar-refractivity contribution in [2.75, 3.05) is 46.3 Å². The van der Waals surface area contributed by atoms with E-state index in [0.29, 0.717) is 12.5 Å². The van der Waals surface area contributed by atoms with E-state index in [2.05, 4.69) is 89.6 Å². The lowest BCUT2D eigenvalue weighted by Crippen LogP contribution is -2.46. The number of rotatable bonds is 13. The summed E-state index contributed by atoms with van der Waals surface area (Å²) in [5.41, 5.74) is 4.76. The zero-order valence-electron chi connectivity index (χ0n) is 19.8. The summed E-state index contributed by atoms with van der Waals surface area (Å²) in [6.07, 6.45) is 5.55. The molecule has 2 rings (SSSR count). The van der Waals surface area contributed by atoms with Gasteiger partial charge in [0.25, 0.3) is 0 Å². The van der Waals surface area contributed by atoms with Crippen LogP contribution < -0.4 is 21.3 Å². The Kier molecular flexibility index (Phi) is 11.3. The SMILES string of the molecule is C=C(CNC(=C)C(C)Cc1ccccc1)NC(CNC)C(=CCC)N1CCCNCC1. The van der Waals surface area contributed by atoms with Crippen molar-refractivity contribution >= 4 is 0 Å². The largest absolute Gasteiger partial charge is 0.383 e. The zero-order chi connectivity index (χ0) is 22.5. The molecule has 0 radical (unpaired) electrons. The summed E-state index contributed by atoms with van der Waals surface area (Å²) in [4.78, 5) is 2.53. The van der Waals surface area contributed by atoms with Crippen molar-refractivity contribution in [2.45, 2.75) is 39.2 Å². The van der Waals surface area contributed by atoms with E-state index in [9.17, 15) is 0 Å². The van der Waals surface area contributed by atoms with E-state index >= 15 is 0 Å². The van der Waals surface area contributed by atoms with Crippen LogP contribution in [0.25, 0.3) is 0 Å². The van der Waals surface area contributed by atoms with E-state index in [1.807, 2.05) is 7.05 Å². The third-order valence-corrected chi connectivity index (χ3v) is 5.77. The van der Waals surface area contributed by atoms with Gasteiger partial charge in [0.2, 0.25) is 0 Å². The van der Waals surface area contributed by atoms with E-state index in [4.69, 9.17) is 0 Å². The molecule has 1 heterocycles. The van der Waals surface area contributed by atoms with Crippen LogP contribution in [0.5, 0.6) is 0 Å². The summed E-state index contributed by atoms with van der Waals surface area (Å²) in [5.74, 6) is 0.364. The standard InChI is InChI=1S/C26H43N5/c1-6-11-26(31-16-10-14-28-15-17-31)25(20-27-5)30-22(3)19-29-23(4)21(2)18-24-12-8-7-9-13-24/h7-9,11-13,21,25,27-30H,3-4,6,10,14-20H2,1-2,5H3. The van der Waals surface area contributed by atoms with Gasteiger partial charge in [0.15, 0.2) is 0 Å². The molecular formula is C26H43N5. The van der Waals surface area contributed by atoms with Crippen molar-refractivity contribution in [1.82, 2.24) is 26.2 Å². The maximum Gasteiger partial charge on any atom is 0.0780 e. The van der Waals surface area contributed by atoms with Gasteiger partial charge in [-0.1, -0.05) is 63.4 Å². The molecule has 0 spiro atoms. The lowest BCUT2D eigenvalue weighted by molar-refractivity contribution is 0.326. The van der Waals surface area contributed by atoms with Gasteiger partial charge < -0.3 is 26.2 Å². The normalized spacial score (nSPS) is 16.9. The van der Waals surface area contributed by atoms with E-state index in [1.54, 1.807) is 0 Å². The summed E-state index contributed by atoms with van der Waals surface area (Å²) in [6, 6.07) is 10.8. The van der Waals surface area contributed by atoms with Crippen LogP contribution in [0.4, 0.5) is 0 Å². The number of hydrogen-bond donors (Lipinski definition) is 4. The smallest absolute Gasteiger partial charge is 0.0780 e. The fourth-order valence-corrected chi connectivity index (χ4v) is 4.02. The second-order valence-electron chi connectivity index (χ2n) is 8.46. The third-order valence-electron chi connectivity index (χ3n) is 5.77. The van der Waals surface area contributed by atoms with Crippen molar-refractivity contribution in [2.24, 2.45) is 5.92 Å². The maximum atomic E-state index is 4.30. The second-order valence-corrected chi connectivity index (χ2v) is 8.46. The Hall–Kier alpha value is -2.24. The topological polar surface area (TPSA) is 51.4 Å². The molecule has 0 bridgehead atoms. The second kappa shape index (κ2) is 13.9. The predicted octanol–water partition coefficient (Wildman–Crippen LogP) is 3.25. The van der Waals surface area contributed by atoms with Crippen molar-refractivity contribution in [3.05, 3.63) is 72.2 Å². The highest BCUT2D eigenvalue weighted by molar-refractivity contribution is 5.18. The number of likely N-dealkylation sites (N-methyl/N-ethyl adjacent to an activating group) is 1. The van der Waals surface area contributed by atoms with Crippen LogP contribution in [0.3, 0.4) is 0 Å². The van der Waals surface area contributed by atoms with Crippen LogP contribution in [0, 0.1) is 5.92 Å². The fraction of sp³-hybridized carbons (Fsp3) is 0.538. The Morgan fingerprint density at radius 3 is 2.68 bits per heavy atom. The molecular weight excluding hydrogens is 382 g/mol. The highest BCUT2D eigenvalue weighted by Gasteiger charge is 2.21. The van der Waals surface area contributed by atoms with Gasteiger partial charge in [0.1, 0.15) is 0 Å². The first kappa shape index (κ1) is 25.0. The average Bonchev–Trinajstić information content (AvgIpc) is 3.05. The van der Waals surface area contributed by atoms with Crippen LogP contribution in [0.2, 0.25) is 0 Å². The Morgan fingerprint density at radius 2 is 1.97 bits per heavy atom. The number of nitrogens with zero attached hydrogens (tertiary/aromatic N) is 1. The number of allylic oxidation sites excluding steroid dienone is 2. The van der Waals surface area contributed by atoms with Gasteiger partial charge in [-0.3, -0.25) is 0 Å². The first-order valence-corrected chi connectivity index (χ1v) is 11.8. The number of hydrogen-bond acceptors (Lipinski definition) is 5. The predicted molar refractivity (Wildman–Crippen MR) is 134 cm³/mol. The van der Waals surface area contributed by atoms with Crippen LogP contribution in [-0.4, -0.2) is 57.3 Å². The van der Waals surface area contributed by atoms with E-state index < -0.39 is 0 Å². The summed E-state index contributed by atoms with van der Waals surface area (Å²) < 4.78 is 0. The zero-order valence-corrected chi connectivity index (χ0v) is 19.8. The number of benzene rings is 1. The first-order chi connectivity index (χ1) is 15.0. The molecule has 0 aromatic heterocycles. The highest BCUT2D eigenvalue weighted by atomic mass is 15.2. The van der Waals surface area contributed by atoms with Gasteiger partial charge in [-0.25, -0.2) is 0 Å². The monoisotopic (exact) mass is 425 g/mol. The Bertz CT molecular complexity index is 689. The maximum absolute atomic E-state index is 4.30. The van der Waals surface area contributed by atoms with E-state index in [1.165, 1.54) is 17.7 Å². The van der Waals surface area contributed by atoms with Gasteiger partial charge in [-0.15, -0.1) is 0 Å². The van der Waals surface area contributed by atoms with Crippen LogP contribution in [0.1, 0.15) is 32.3 Å². The van der Waals surface area contributed by atoms with E-state index in [-0.39, 0.29) is 6.04 Å². The Labute approximate surface area is 190 Å². The van der Waals surface area contributed by atoms with E-state index in [0.717, 1.165) is 57.0 Å². The van der Waals surface area contributed by atoms with Crippen molar-refractivity contribution < 1.29 is 0 Å². The average molecular weight is 426 g/mol. The van der Waals surface area contributed by atoms with Crippen LogP contribution in [0.15, 0.2) is 66.7 Å². The first-order valence-electron chi connectivity index (χ1n) is 11.8. The molecule has 31 heavy (non-hydrogen) atoms. The highest BCUT2D eigenvalue weighted by Crippen LogP contribution is 2.15. The van der Waals surface area contributed by atoms with Crippen LogP contribution >= 0.6 is 0 Å². The molecule has 172 valence electrons. The molecule has 1 aliphatic heterocycles. The molecule has 0 aliphatic carbocycles. The van der Waals surface area contributed by atoms with Crippen molar-refractivity contribution in [3.8, 4) is 0 Å². The molecule has 1 aliphatic rings. The summed E-state index contributed by atoms with van der Waals surface area (Å²) in [7, 11) is 2.01. The molecule has 1 aromatic carbocycles. The van der Waals surface area contributed by atoms with Gasteiger partial charge in [-0.05, 0) is 44.3 Å². The minimum atomic E-state index is 0.201. The number of nitrogens with one attached hydrogen (secondary N) is 4. The van der Waals surface area contributed by atoms with Crippen molar-refractivity contribution in [3.63, 3.8) is 0 Å². The molecule has 4 N–H and O–H groups in total. The summed E-state index contributed by atoms with van der Waals surface area (Å²) in [6.45, 7) is 18.8. The minimum Gasteiger partial charge on any atom is -0.383 e. The molecule has 1 fully saturated rings. The third kappa shape index (κ3) is 8.80. The molecule has 0 amide bonds. The molecule has 1 saturated heterocycles. The molecule has 5 nitrogen and oxygen atoms in total. The Morgan fingerprint density at radius 1 is 1.19 bits per heavy atom. The van der Waals surface area contributed by atoms with Crippen molar-refractivity contribution in [1.29, 1.82) is 0 Å². The fourth-order valence-electron chi connectivity index (χ4n) is 4.02. The molecule has 0 saturated carbocycles. The Balaban J connectivity index is 1.91. The molecule has 2 atom stereocenters. The summed E-state index contributed by atoms with van der Waals surface area (Å²) >= 11 is 0. The molecule has 5 heteroatoms. The quantitative estimate of drug-likeness (QED) is 0.391. The van der Waals surface area contributed by atoms with Gasteiger partial charge in [0, 0.05) is 43.3 Å². The summed E-state index contributed by atoms with van der Waals surface area (Å²) in [5, 5.41) is 14.0. The van der Waals surface area contributed by atoms with Gasteiger partial charge >= 0.3 is 0 Å².